The number of carbonyl (C=O) groups excluding carboxylic acids is 1. The van der Waals surface area contributed by atoms with Gasteiger partial charge in [0.25, 0.3) is 0 Å². The first-order valence-corrected chi connectivity index (χ1v) is 7.46. The topological polar surface area (TPSA) is 52.9 Å². The number of halogens is 2. The normalized spacial score (nSPS) is 11.5. The molecule has 1 N–H and O–H groups in total. The van der Waals surface area contributed by atoms with E-state index in [0.717, 1.165) is 10.0 Å². The first-order chi connectivity index (χ1) is 10.1. The lowest BCUT2D eigenvalue weighted by molar-refractivity contribution is -0.118. The van der Waals surface area contributed by atoms with Crippen molar-refractivity contribution in [3.63, 3.8) is 0 Å². The molecule has 0 spiro atoms. The fraction of sp³-hybridized carbons (Fsp3) is 0.125. The van der Waals surface area contributed by atoms with Gasteiger partial charge < -0.3 is 5.32 Å². The van der Waals surface area contributed by atoms with E-state index in [1.807, 2.05) is 36.4 Å². The van der Waals surface area contributed by atoms with Crippen molar-refractivity contribution in [1.29, 1.82) is 5.26 Å². The lowest BCUT2D eigenvalue weighted by atomic mass is 10.00. The number of hydrogen-bond donors (Lipinski definition) is 1. The van der Waals surface area contributed by atoms with Gasteiger partial charge in [0, 0.05) is 4.47 Å². The third-order valence-electron chi connectivity index (χ3n) is 2.94. The predicted molar refractivity (Wildman–Crippen MR) is 87.0 cm³/mol. The number of benzene rings is 2. The molecule has 21 heavy (non-hydrogen) atoms. The van der Waals surface area contributed by atoms with Gasteiger partial charge in [0.15, 0.2) is 0 Å². The highest BCUT2D eigenvalue weighted by Gasteiger charge is 2.19. The number of hydrogen-bond acceptors (Lipinski definition) is 2. The highest BCUT2D eigenvalue weighted by molar-refractivity contribution is 9.10. The summed E-state index contributed by atoms with van der Waals surface area (Å²) in [5, 5.41) is 12.3. The van der Waals surface area contributed by atoms with Crippen LogP contribution in [0.25, 0.3) is 0 Å². The van der Waals surface area contributed by atoms with E-state index in [0.29, 0.717) is 17.1 Å². The lowest BCUT2D eigenvalue weighted by Gasteiger charge is -2.12. The highest BCUT2D eigenvalue weighted by Crippen LogP contribution is 2.26. The van der Waals surface area contributed by atoms with Crippen LogP contribution in [0.5, 0.6) is 0 Å². The Morgan fingerprint density at radius 3 is 2.67 bits per heavy atom. The first kappa shape index (κ1) is 15.6. The van der Waals surface area contributed by atoms with Gasteiger partial charge in [-0.15, -0.1) is 0 Å². The zero-order valence-electron chi connectivity index (χ0n) is 11.0. The number of nitrogens with zero attached hydrogens (tertiary/aromatic N) is 1. The van der Waals surface area contributed by atoms with E-state index in [2.05, 4.69) is 21.2 Å². The van der Waals surface area contributed by atoms with Gasteiger partial charge in [-0.2, -0.15) is 5.26 Å². The number of carbonyl (C=O) groups is 1. The lowest BCUT2D eigenvalue weighted by Crippen LogP contribution is -2.23. The summed E-state index contributed by atoms with van der Waals surface area (Å²) in [5.41, 5.74) is 1.43. The first-order valence-electron chi connectivity index (χ1n) is 6.29. The molecule has 3 nitrogen and oxygen atoms in total. The minimum atomic E-state index is -0.762. The van der Waals surface area contributed by atoms with Crippen molar-refractivity contribution in [2.24, 2.45) is 5.92 Å². The molecule has 106 valence electrons. The number of anilines is 1. The monoisotopic (exact) mass is 362 g/mol. The van der Waals surface area contributed by atoms with Gasteiger partial charge in [-0.05, 0) is 30.2 Å². The quantitative estimate of drug-likeness (QED) is 0.874. The van der Waals surface area contributed by atoms with Crippen LogP contribution in [0.1, 0.15) is 5.56 Å². The Morgan fingerprint density at radius 1 is 1.29 bits per heavy atom. The minimum Gasteiger partial charge on any atom is -0.324 e. The summed E-state index contributed by atoms with van der Waals surface area (Å²) in [5.74, 6) is -1.12. The molecule has 0 radical (unpaired) electrons. The van der Waals surface area contributed by atoms with Gasteiger partial charge in [0.2, 0.25) is 5.91 Å². The molecule has 1 atom stereocenters. The second-order valence-electron chi connectivity index (χ2n) is 4.48. The molecule has 0 aliphatic rings. The van der Waals surface area contributed by atoms with Gasteiger partial charge in [-0.1, -0.05) is 57.9 Å². The van der Waals surface area contributed by atoms with E-state index in [-0.39, 0.29) is 5.91 Å². The molecule has 0 heterocycles. The maximum absolute atomic E-state index is 12.2. The molecule has 5 heteroatoms. The summed E-state index contributed by atoms with van der Waals surface area (Å²) in [6, 6.07) is 16.6. The molecule has 0 aliphatic carbocycles. The summed E-state index contributed by atoms with van der Waals surface area (Å²) in [6.45, 7) is 0. The minimum absolute atomic E-state index is 0.360. The molecule has 0 bridgehead atoms. The van der Waals surface area contributed by atoms with E-state index >= 15 is 0 Å². The average Bonchev–Trinajstić information content (AvgIpc) is 2.49. The van der Waals surface area contributed by atoms with Crippen LogP contribution in [0.2, 0.25) is 5.02 Å². The van der Waals surface area contributed by atoms with E-state index in [9.17, 15) is 10.1 Å². The summed E-state index contributed by atoms with van der Waals surface area (Å²) in [4.78, 5) is 12.2. The summed E-state index contributed by atoms with van der Waals surface area (Å²) in [7, 11) is 0. The van der Waals surface area contributed by atoms with Crippen LogP contribution in [0.4, 0.5) is 5.69 Å². The Hall–Kier alpha value is -1.83. The van der Waals surface area contributed by atoms with E-state index in [1.165, 1.54) is 0 Å². The molecule has 0 saturated carbocycles. The van der Waals surface area contributed by atoms with Crippen molar-refractivity contribution in [3.05, 3.63) is 63.6 Å². The Labute approximate surface area is 136 Å². The maximum atomic E-state index is 12.2. The third-order valence-corrected chi connectivity index (χ3v) is 3.76. The Morgan fingerprint density at radius 2 is 2.00 bits per heavy atom. The van der Waals surface area contributed by atoms with Crippen LogP contribution in [0.3, 0.4) is 0 Å². The van der Waals surface area contributed by atoms with Crippen molar-refractivity contribution < 1.29 is 4.79 Å². The SMILES string of the molecule is N#CC(Cc1ccccc1)C(=O)Nc1cc(Br)ccc1Cl. The van der Waals surface area contributed by atoms with Crippen LogP contribution in [0.15, 0.2) is 53.0 Å². The zero-order valence-corrected chi connectivity index (χ0v) is 13.4. The van der Waals surface area contributed by atoms with Crippen LogP contribution >= 0.6 is 27.5 Å². The molecule has 2 rings (SSSR count). The zero-order chi connectivity index (χ0) is 15.2. The highest BCUT2D eigenvalue weighted by atomic mass is 79.9. The molecule has 1 amide bonds. The third kappa shape index (κ3) is 4.32. The van der Waals surface area contributed by atoms with Crippen LogP contribution < -0.4 is 5.32 Å². The molecule has 0 aromatic heterocycles. The van der Waals surface area contributed by atoms with Crippen molar-refractivity contribution in [2.45, 2.75) is 6.42 Å². The molecule has 0 saturated heterocycles. The summed E-state index contributed by atoms with van der Waals surface area (Å²) in [6.07, 6.45) is 0.370. The standard InChI is InChI=1S/C16H12BrClN2O/c17-13-6-7-14(18)15(9-13)20-16(21)12(10-19)8-11-4-2-1-3-5-11/h1-7,9,12H,8H2,(H,20,21). The number of amides is 1. The molecule has 2 aromatic rings. The van der Waals surface area contributed by atoms with Crippen molar-refractivity contribution in [3.8, 4) is 6.07 Å². The van der Waals surface area contributed by atoms with Crippen molar-refractivity contribution in [1.82, 2.24) is 0 Å². The van der Waals surface area contributed by atoms with E-state index in [4.69, 9.17) is 11.6 Å². The Kier molecular flexibility index (Phi) is 5.38. The molecule has 0 fully saturated rings. The Balaban J connectivity index is 2.10. The van der Waals surface area contributed by atoms with Crippen LogP contribution in [-0.4, -0.2) is 5.91 Å². The molecular formula is C16H12BrClN2O. The maximum Gasteiger partial charge on any atom is 0.242 e. The summed E-state index contributed by atoms with van der Waals surface area (Å²) >= 11 is 9.35. The predicted octanol–water partition coefficient (Wildman–Crippen LogP) is 4.42. The molecule has 0 aliphatic heterocycles. The smallest absolute Gasteiger partial charge is 0.242 e. The summed E-state index contributed by atoms with van der Waals surface area (Å²) < 4.78 is 0.804. The van der Waals surface area contributed by atoms with Crippen LogP contribution in [-0.2, 0) is 11.2 Å². The largest absolute Gasteiger partial charge is 0.324 e. The van der Waals surface area contributed by atoms with E-state index in [1.54, 1.807) is 18.2 Å². The van der Waals surface area contributed by atoms with E-state index < -0.39 is 5.92 Å². The fourth-order valence-corrected chi connectivity index (χ4v) is 2.39. The molecule has 1 unspecified atom stereocenters. The molecule has 2 aromatic carbocycles. The number of nitrogens with one attached hydrogen (secondary N) is 1. The number of nitriles is 1. The number of rotatable bonds is 4. The van der Waals surface area contributed by atoms with Gasteiger partial charge >= 0.3 is 0 Å². The van der Waals surface area contributed by atoms with Gasteiger partial charge in [0.1, 0.15) is 5.92 Å². The fourth-order valence-electron chi connectivity index (χ4n) is 1.86. The van der Waals surface area contributed by atoms with Gasteiger partial charge in [0.05, 0.1) is 16.8 Å². The molecular weight excluding hydrogens is 352 g/mol. The van der Waals surface area contributed by atoms with Gasteiger partial charge in [-0.3, -0.25) is 4.79 Å². The van der Waals surface area contributed by atoms with Crippen molar-refractivity contribution in [2.75, 3.05) is 5.32 Å². The Bertz CT molecular complexity index is 682. The van der Waals surface area contributed by atoms with Crippen LogP contribution in [0, 0.1) is 17.2 Å². The van der Waals surface area contributed by atoms with Crippen molar-refractivity contribution >= 4 is 39.1 Å². The second kappa shape index (κ2) is 7.26. The second-order valence-corrected chi connectivity index (χ2v) is 5.81. The van der Waals surface area contributed by atoms with Gasteiger partial charge in [-0.25, -0.2) is 0 Å². The average molecular weight is 364 g/mol.